The molecule has 3 aromatic carbocycles. The maximum absolute atomic E-state index is 13.8. The average Bonchev–Trinajstić information content (AvgIpc) is 3.44. The second kappa shape index (κ2) is 13.5. The van der Waals surface area contributed by atoms with Gasteiger partial charge in [0.15, 0.2) is 5.78 Å². The molecule has 0 bridgehead atoms. The lowest BCUT2D eigenvalue weighted by Crippen LogP contribution is -2.39. The van der Waals surface area contributed by atoms with Crippen molar-refractivity contribution in [2.24, 2.45) is 0 Å². The standard InChI is InChI=1S/C37H46N6O2/c1-36(2,38-5)22-11-16-32(44)27-19-17-26(18-20-27)24-43-35-29-13-8-7-12-28(29)25-42(33(45)21-23-37(3,4)39-6)31-15-10-9-14-30(31)34(35)40-41-43/h7-10,12-15,17-20,38-39H,11,16,21-25H2,1-6H3. The first-order valence-electron chi connectivity index (χ1n) is 15.9. The van der Waals surface area contributed by atoms with E-state index in [2.05, 4.69) is 55.7 Å². The molecule has 8 heteroatoms. The summed E-state index contributed by atoms with van der Waals surface area (Å²) in [5.41, 5.74) is 7.11. The van der Waals surface area contributed by atoms with E-state index in [0.29, 0.717) is 25.9 Å². The molecule has 4 aromatic rings. The zero-order valence-electron chi connectivity index (χ0n) is 27.5. The zero-order chi connectivity index (χ0) is 32.2. The number of anilines is 1. The minimum atomic E-state index is -0.138. The van der Waals surface area contributed by atoms with E-state index in [1.807, 2.05) is 84.3 Å². The molecule has 0 unspecified atom stereocenters. The Bertz CT molecular complexity index is 1650. The van der Waals surface area contributed by atoms with Gasteiger partial charge in [-0.25, -0.2) is 4.68 Å². The number of nitrogens with one attached hydrogen (secondary N) is 2. The SMILES string of the molecule is CNC(C)(C)CCCC(=O)c1ccc(Cn2nnc3c2-c2ccccc2CN(C(=O)CCC(C)(C)NC)c2ccccc2-3)cc1. The Morgan fingerprint density at radius 2 is 1.44 bits per heavy atom. The van der Waals surface area contributed by atoms with E-state index in [1.165, 1.54) is 0 Å². The highest BCUT2D eigenvalue weighted by Gasteiger charge is 2.30. The third kappa shape index (κ3) is 7.40. The quantitative estimate of drug-likeness (QED) is 0.176. The van der Waals surface area contributed by atoms with Crippen molar-refractivity contribution < 1.29 is 9.59 Å². The highest BCUT2D eigenvalue weighted by molar-refractivity contribution is 6.00. The Labute approximate surface area is 267 Å². The van der Waals surface area contributed by atoms with Gasteiger partial charge in [-0.2, -0.15) is 0 Å². The second-order valence-electron chi connectivity index (χ2n) is 13.3. The predicted molar refractivity (Wildman–Crippen MR) is 181 cm³/mol. The molecule has 8 nitrogen and oxygen atoms in total. The predicted octanol–water partition coefficient (Wildman–Crippen LogP) is 6.64. The summed E-state index contributed by atoms with van der Waals surface area (Å²) in [5.74, 6) is 0.246. The van der Waals surface area contributed by atoms with E-state index >= 15 is 0 Å². The molecule has 0 spiro atoms. The van der Waals surface area contributed by atoms with Crippen LogP contribution in [0.2, 0.25) is 0 Å². The van der Waals surface area contributed by atoms with Crippen LogP contribution in [-0.4, -0.2) is 51.9 Å². The van der Waals surface area contributed by atoms with Gasteiger partial charge in [0.2, 0.25) is 5.91 Å². The third-order valence-electron chi connectivity index (χ3n) is 9.22. The summed E-state index contributed by atoms with van der Waals surface area (Å²) in [5, 5.41) is 15.9. The number of carbonyl (C=O) groups is 2. The summed E-state index contributed by atoms with van der Waals surface area (Å²) in [6.45, 7) is 9.49. The summed E-state index contributed by atoms with van der Waals surface area (Å²) in [6, 6.07) is 24.0. The van der Waals surface area contributed by atoms with Crippen LogP contribution < -0.4 is 15.5 Å². The number of rotatable bonds is 12. The number of ketones is 1. The Morgan fingerprint density at radius 3 is 2.16 bits per heavy atom. The van der Waals surface area contributed by atoms with Gasteiger partial charge < -0.3 is 15.5 Å². The van der Waals surface area contributed by atoms with Gasteiger partial charge in [-0.3, -0.25) is 9.59 Å². The van der Waals surface area contributed by atoms with Crippen molar-refractivity contribution in [1.82, 2.24) is 25.6 Å². The van der Waals surface area contributed by atoms with Gasteiger partial charge in [0.05, 0.1) is 24.5 Å². The number of Topliss-reactive ketones (excluding diaryl/α,β-unsaturated/α-hetero) is 1. The van der Waals surface area contributed by atoms with Crippen LogP contribution in [0.3, 0.4) is 0 Å². The average molecular weight is 607 g/mol. The zero-order valence-corrected chi connectivity index (χ0v) is 27.5. The summed E-state index contributed by atoms with van der Waals surface area (Å²) < 4.78 is 1.94. The fourth-order valence-electron chi connectivity index (χ4n) is 5.76. The first-order valence-corrected chi connectivity index (χ1v) is 15.9. The minimum absolute atomic E-state index is 0.0233. The molecular weight excluding hydrogens is 560 g/mol. The lowest BCUT2D eigenvalue weighted by Gasteiger charge is -2.30. The summed E-state index contributed by atoms with van der Waals surface area (Å²) in [6.07, 6.45) is 3.47. The molecule has 0 saturated carbocycles. The number of amides is 1. The summed E-state index contributed by atoms with van der Waals surface area (Å²) in [7, 11) is 3.89. The first-order chi connectivity index (χ1) is 21.5. The molecule has 2 N–H and O–H groups in total. The number of benzene rings is 3. The highest BCUT2D eigenvalue weighted by Crippen LogP contribution is 2.41. The Morgan fingerprint density at radius 1 is 0.800 bits per heavy atom. The third-order valence-corrected chi connectivity index (χ3v) is 9.22. The van der Waals surface area contributed by atoms with Gasteiger partial charge in [0.1, 0.15) is 5.69 Å². The number of carbonyl (C=O) groups excluding carboxylic acids is 2. The van der Waals surface area contributed by atoms with Gasteiger partial charge in [0, 0.05) is 40.6 Å². The van der Waals surface area contributed by atoms with Crippen molar-refractivity contribution in [3.63, 3.8) is 0 Å². The maximum Gasteiger partial charge on any atom is 0.227 e. The normalized spacial score (nSPS) is 13.0. The summed E-state index contributed by atoms with van der Waals surface area (Å²) in [4.78, 5) is 28.5. The van der Waals surface area contributed by atoms with Gasteiger partial charge in [0.25, 0.3) is 0 Å². The molecule has 5 rings (SSSR count). The van der Waals surface area contributed by atoms with E-state index < -0.39 is 0 Å². The minimum Gasteiger partial charge on any atom is -0.315 e. The first kappa shape index (κ1) is 32.3. The van der Waals surface area contributed by atoms with Crippen LogP contribution in [0.5, 0.6) is 0 Å². The lowest BCUT2D eigenvalue weighted by atomic mass is 9.94. The number of hydrogen-bond donors (Lipinski definition) is 2. The van der Waals surface area contributed by atoms with Crippen LogP contribution in [0.1, 0.15) is 81.3 Å². The van der Waals surface area contributed by atoms with Crippen molar-refractivity contribution in [3.05, 3.63) is 89.5 Å². The fourth-order valence-corrected chi connectivity index (χ4v) is 5.76. The second-order valence-corrected chi connectivity index (χ2v) is 13.3. The monoisotopic (exact) mass is 606 g/mol. The van der Waals surface area contributed by atoms with Crippen molar-refractivity contribution in [1.29, 1.82) is 0 Å². The van der Waals surface area contributed by atoms with Crippen molar-refractivity contribution in [3.8, 4) is 22.5 Å². The van der Waals surface area contributed by atoms with E-state index in [9.17, 15) is 9.59 Å². The number of para-hydroxylation sites is 1. The molecule has 1 amide bonds. The van der Waals surface area contributed by atoms with Crippen LogP contribution in [0, 0.1) is 0 Å². The van der Waals surface area contributed by atoms with Crippen LogP contribution >= 0.6 is 0 Å². The number of hydrogen-bond acceptors (Lipinski definition) is 6. The molecule has 0 saturated heterocycles. The van der Waals surface area contributed by atoms with Crippen LogP contribution in [0.25, 0.3) is 22.5 Å². The number of aromatic nitrogens is 3. The van der Waals surface area contributed by atoms with Crippen LogP contribution in [0.4, 0.5) is 5.69 Å². The Kier molecular flexibility index (Phi) is 9.65. The lowest BCUT2D eigenvalue weighted by molar-refractivity contribution is -0.119. The fraction of sp³-hybridized carbons (Fsp3) is 0.405. The van der Waals surface area contributed by atoms with Crippen molar-refractivity contribution in [2.75, 3.05) is 19.0 Å². The maximum atomic E-state index is 13.8. The molecule has 236 valence electrons. The molecule has 0 aliphatic carbocycles. The molecular formula is C37H46N6O2. The molecule has 1 aliphatic rings. The Hall–Kier alpha value is -4.14. The molecule has 0 radical (unpaired) electrons. The van der Waals surface area contributed by atoms with E-state index in [4.69, 9.17) is 5.10 Å². The van der Waals surface area contributed by atoms with Gasteiger partial charge in [-0.1, -0.05) is 71.9 Å². The largest absolute Gasteiger partial charge is 0.315 e. The molecule has 1 aliphatic heterocycles. The van der Waals surface area contributed by atoms with Gasteiger partial charge in [-0.05, 0) is 78.2 Å². The number of nitrogens with zero attached hydrogens (tertiary/aromatic N) is 4. The summed E-state index contributed by atoms with van der Waals surface area (Å²) >= 11 is 0. The van der Waals surface area contributed by atoms with E-state index in [0.717, 1.165) is 64.2 Å². The number of fused-ring (bicyclic) bond motifs is 5. The molecule has 0 atom stereocenters. The smallest absolute Gasteiger partial charge is 0.227 e. The molecule has 0 fully saturated rings. The Balaban J connectivity index is 1.43. The molecule has 1 aromatic heterocycles. The molecule has 45 heavy (non-hydrogen) atoms. The van der Waals surface area contributed by atoms with E-state index in [1.54, 1.807) is 0 Å². The molecule has 2 heterocycles. The van der Waals surface area contributed by atoms with Gasteiger partial charge in [-0.15, -0.1) is 5.10 Å². The van der Waals surface area contributed by atoms with Crippen LogP contribution in [-0.2, 0) is 17.9 Å². The van der Waals surface area contributed by atoms with Crippen LogP contribution in [0.15, 0.2) is 72.8 Å². The highest BCUT2D eigenvalue weighted by atomic mass is 16.2. The van der Waals surface area contributed by atoms with Crippen molar-refractivity contribution >= 4 is 17.4 Å². The van der Waals surface area contributed by atoms with Gasteiger partial charge >= 0.3 is 0 Å². The van der Waals surface area contributed by atoms with Crippen molar-refractivity contribution in [2.45, 2.75) is 84.0 Å². The topological polar surface area (TPSA) is 92.2 Å². The van der Waals surface area contributed by atoms with E-state index in [-0.39, 0.29) is 22.8 Å².